The van der Waals surface area contributed by atoms with Gasteiger partial charge in [-0.3, -0.25) is 33.8 Å². The predicted octanol–water partition coefficient (Wildman–Crippen LogP) is -5.61. The van der Waals surface area contributed by atoms with Gasteiger partial charge in [-0.25, -0.2) is 0 Å². The fraction of sp³-hybridized carbons (Fsp3) is 0.650. The van der Waals surface area contributed by atoms with Crippen LogP contribution in [0.1, 0.15) is 26.2 Å². The van der Waals surface area contributed by atoms with E-state index in [4.69, 9.17) is 22.9 Å². The molecule has 5 amide bonds. The number of nitrogens with zero attached hydrogens (tertiary/aromatic N) is 1. The minimum Gasteiger partial charge on any atom is -0.480 e. The highest BCUT2D eigenvalue weighted by molar-refractivity contribution is 8.00. The third-order valence-electron chi connectivity index (χ3n) is 5.30. The molecule has 17 nitrogen and oxygen atoms in total. The molecule has 0 aromatic rings. The van der Waals surface area contributed by atoms with E-state index in [2.05, 4.69) is 26.3 Å². The zero-order valence-electron chi connectivity index (χ0n) is 20.7. The van der Waals surface area contributed by atoms with Crippen LogP contribution in [0.15, 0.2) is 4.99 Å². The number of primary amides is 1. The normalized spacial score (nSPS) is 27.8. The first-order valence-electron chi connectivity index (χ1n) is 11.5. The van der Waals surface area contributed by atoms with Crippen LogP contribution in [0.5, 0.6) is 0 Å². The summed E-state index contributed by atoms with van der Waals surface area (Å²) in [7, 11) is 0. The molecule has 0 bridgehead atoms. The van der Waals surface area contributed by atoms with E-state index in [9.17, 15) is 39.0 Å². The van der Waals surface area contributed by atoms with Crippen LogP contribution in [-0.4, -0.2) is 106 Å². The molecule has 0 aliphatic carbocycles. The van der Waals surface area contributed by atoms with Crippen molar-refractivity contribution in [3.63, 3.8) is 0 Å². The number of thioether (sulfide) groups is 1. The van der Waals surface area contributed by atoms with Gasteiger partial charge in [0.1, 0.15) is 23.4 Å². The van der Waals surface area contributed by atoms with E-state index >= 15 is 0 Å². The number of guanidine groups is 1. The van der Waals surface area contributed by atoms with Crippen molar-refractivity contribution in [1.29, 1.82) is 0 Å². The molecule has 0 radical (unpaired) electrons. The highest BCUT2D eigenvalue weighted by atomic mass is 32.2. The van der Waals surface area contributed by atoms with Gasteiger partial charge in [0.25, 0.3) is 0 Å². The number of nitrogens with two attached hydrogens (primary N) is 4. The maximum absolute atomic E-state index is 13.1. The standard InChI is InChI=1S/C20H35N9O8S/c1-8-15(32)28-11(5-13(22)31)17(34)27-10(3-2-4-25-20(23)24)14(19(36)37)38-7-9(21)16(33)29-12(6-30)18(35)26-8/h8-12,14,30H,2-7,21H2,1H3,(H2,22,31)(H,26,35)(H,27,34)(H,28,32)(H,29,33)(H,36,37)(H4,23,24,25)/t8?,9-,10?,11-,12?,14?/m0/s1. The Morgan fingerprint density at radius 1 is 0.974 bits per heavy atom. The molecular weight excluding hydrogens is 526 g/mol. The van der Waals surface area contributed by atoms with Crippen LogP contribution in [0.4, 0.5) is 0 Å². The summed E-state index contributed by atoms with van der Waals surface area (Å²) in [5, 5.41) is 27.4. The highest BCUT2D eigenvalue weighted by Crippen LogP contribution is 2.20. The van der Waals surface area contributed by atoms with Gasteiger partial charge in [-0.2, -0.15) is 0 Å². The topological polar surface area (TPSA) is 307 Å². The van der Waals surface area contributed by atoms with Crippen LogP contribution >= 0.6 is 11.8 Å². The maximum Gasteiger partial charge on any atom is 0.318 e. The first kappa shape index (κ1) is 32.4. The van der Waals surface area contributed by atoms with Gasteiger partial charge >= 0.3 is 5.97 Å². The van der Waals surface area contributed by atoms with Crippen LogP contribution in [-0.2, 0) is 28.8 Å². The van der Waals surface area contributed by atoms with Crippen molar-refractivity contribution in [3.8, 4) is 0 Å². The predicted molar refractivity (Wildman–Crippen MR) is 136 cm³/mol. The fourth-order valence-electron chi connectivity index (χ4n) is 3.30. The highest BCUT2D eigenvalue weighted by Gasteiger charge is 2.35. The SMILES string of the molecule is CC1NC(=O)C(CO)NC(=O)[C@@H](N)CSC(C(=O)O)C(CCCN=C(N)N)NC(=O)[C@H](CC(N)=O)NC1=O. The number of carbonyl (C=O) groups excluding carboxylic acids is 5. The number of hydrogen-bond donors (Lipinski definition) is 10. The lowest BCUT2D eigenvalue weighted by Gasteiger charge is -2.29. The minimum absolute atomic E-state index is 0.0597. The van der Waals surface area contributed by atoms with Gasteiger partial charge in [0, 0.05) is 12.3 Å². The second kappa shape index (κ2) is 15.6. The van der Waals surface area contributed by atoms with E-state index < -0.39 is 84.0 Å². The minimum atomic E-state index is -1.50. The smallest absolute Gasteiger partial charge is 0.318 e. The van der Waals surface area contributed by atoms with Crippen molar-refractivity contribution in [3.05, 3.63) is 0 Å². The molecule has 0 spiro atoms. The monoisotopic (exact) mass is 561 g/mol. The van der Waals surface area contributed by atoms with Crippen molar-refractivity contribution in [2.24, 2.45) is 27.9 Å². The summed E-state index contributed by atoms with van der Waals surface area (Å²) in [6.45, 7) is 0.560. The Balaban J connectivity index is 3.38. The van der Waals surface area contributed by atoms with Crippen LogP contribution in [0.25, 0.3) is 0 Å². The number of carboxylic acid groups (broad SMARTS) is 1. The third kappa shape index (κ3) is 10.8. The summed E-state index contributed by atoms with van der Waals surface area (Å²) in [5.41, 5.74) is 21.7. The molecule has 6 atom stereocenters. The van der Waals surface area contributed by atoms with Gasteiger partial charge in [0.05, 0.1) is 25.1 Å². The lowest BCUT2D eigenvalue weighted by Crippen LogP contribution is -2.60. The Morgan fingerprint density at radius 2 is 1.58 bits per heavy atom. The summed E-state index contributed by atoms with van der Waals surface area (Å²) < 4.78 is 0. The molecule has 0 aromatic heterocycles. The molecule has 0 aromatic carbocycles. The third-order valence-corrected chi connectivity index (χ3v) is 6.74. The Bertz CT molecular complexity index is 930. The summed E-state index contributed by atoms with van der Waals surface area (Å²) in [4.78, 5) is 78.2. The second-order valence-corrected chi connectivity index (χ2v) is 9.64. The zero-order chi connectivity index (χ0) is 29.0. The number of aliphatic hydroxyl groups is 1. The van der Waals surface area contributed by atoms with Gasteiger partial charge in [-0.15, -0.1) is 11.8 Å². The Labute approximate surface area is 222 Å². The number of aliphatic imine (C=N–C) groups is 1. The molecule has 4 unspecified atom stereocenters. The maximum atomic E-state index is 13.1. The van der Waals surface area contributed by atoms with Crippen LogP contribution < -0.4 is 44.2 Å². The number of aliphatic carboxylic acids is 1. The van der Waals surface area contributed by atoms with Crippen molar-refractivity contribution >= 4 is 53.2 Å². The van der Waals surface area contributed by atoms with Gasteiger partial charge in [-0.05, 0) is 19.8 Å². The molecule has 1 rings (SSSR count). The molecular formula is C20H35N9O8S. The number of carbonyl (C=O) groups is 6. The van der Waals surface area contributed by atoms with Gasteiger partial charge < -0.3 is 54.4 Å². The van der Waals surface area contributed by atoms with E-state index in [-0.39, 0.29) is 31.1 Å². The summed E-state index contributed by atoms with van der Waals surface area (Å²) in [6, 6.07) is -6.60. The molecule has 1 heterocycles. The van der Waals surface area contributed by atoms with E-state index in [1.165, 1.54) is 6.92 Å². The number of amides is 5. The van der Waals surface area contributed by atoms with Crippen LogP contribution in [0, 0.1) is 0 Å². The number of hydrogen-bond acceptors (Lipinski definition) is 10. The van der Waals surface area contributed by atoms with Crippen molar-refractivity contribution in [2.45, 2.75) is 61.6 Å². The van der Waals surface area contributed by atoms with Crippen molar-refractivity contribution in [2.75, 3.05) is 18.9 Å². The van der Waals surface area contributed by atoms with E-state index in [0.717, 1.165) is 11.8 Å². The molecule has 0 saturated carbocycles. The molecule has 38 heavy (non-hydrogen) atoms. The average Bonchev–Trinajstić information content (AvgIpc) is 2.82. The summed E-state index contributed by atoms with van der Waals surface area (Å²) in [6.07, 6.45) is -0.317. The molecule has 1 fully saturated rings. The quantitative estimate of drug-likeness (QED) is 0.0753. The van der Waals surface area contributed by atoms with Crippen molar-refractivity contribution < 1.29 is 39.0 Å². The number of nitrogens with one attached hydrogen (secondary N) is 4. The van der Waals surface area contributed by atoms with Crippen LogP contribution in [0.3, 0.4) is 0 Å². The lowest BCUT2D eigenvalue weighted by molar-refractivity contribution is -0.138. The first-order valence-corrected chi connectivity index (χ1v) is 12.6. The summed E-state index contributed by atoms with van der Waals surface area (Å²) >= 11 is 0.750. The molecule has 14 N–H and O–H groups in total. The molecule has 214 valence electrons. The van der Waals surface area contributed by atoms with E-state index in [0.29, 0.717) is 0 Å². The average molecular weight is 562 g/mol. The number of rotatable bonds is 8. The van der Waals surface area contributed by atoms with Crippen LogP contribution in [0.2, 0.25) is 0 Å². The van der Waals surface area contributed by atoms with Gasteiger partial charge in [0.15, 0.2) is 5.96 Å². The molecule has 1 aliphatic heterocycles. The lowest BCUT2D eigenvalue weighted by atomic mass is 10.1. The molecule has 1 aliphatic rings. The number of carboxylic acids is 1. The fourth-order valence-corrected chi connectivity index (χ4v) is 4.45. The largest absolute Gasteiger partial charge is 0.480 e. The van der Waals surface area contributed by atoms with E-state index in [1.54, 1.807) is 0 Å². The van der Waals surface area contributed by atoms with Gasteiger partial charge in [-0.1, -0.05) is 0 Å². The Morgan fingerprint density at radius 3 is 2.13 bits per heavy atom. The van der Waals surface area contributed by atoms with E-state index in [1.807, 2.05) is 0 Å². The molecule has 1 saturated heterocycles. The Hall–Kier alpha value is -3.64. The van der Waals surface area contributed by atoms with Crippen molar-refractivity contribution in [1.82, 2.24) is 21.3 Å². The first-order chi connectivity index (χ1) is 17.8. The van der Waals surface area contributed by atoms with Gasteiger partial charge in [0.2, 0.25) is 29.5 Å². The number of aliphatic hydroxyl groups excluding tert-OH is 1. The molecule has 18 heteroatoms. The Kier molecular flexibility index (Phi) is 13.3. The summed E-state index contributed by atoms with van der Waals surface area (Å²) in [5.74, 6) is -6.26. The second-order valence-electron chi connectivity index (χ2n) is 8.47. The zero-order valence-corrected chi connectivity index (χ0v) is 21.5.